The Hall–Kier alpha value is -4.73. The van der Waals surface area contributed by atoms with Crippen molar-refractivity contribution in [2.45, 2.75) is 110 Å². The van der Waals surface area contributed by atoms with Gasteiger partial charge in [0, 0.05) is 34.1 Å². The lowest BCUT2D eigenvalue weighted by Crippen LogP contribution is -2.67. The van der Waals surface area contributed by atoms with Crippen LogP contribution in [0.25, 0.3) is 0 Å². The van der Waals surface area contributed by atoms with Crippen LogP contribution in [0.3, 0.4) is 0 Å². The number of benzene rings is 1. The summed E-state index contributed by atoms with van der Waals surface area (Å²) >= 11 is 0. The third-order valence-corrected chi connectivity index (χ3v) is 6.16. The lowest BCUT2D eigenvalue weighted by atomic mass is 9.96. The molecule has 0 aromatic heterocycles. The number of hydrogen-bond donors (Lipinski definition) is 2. The second-order valence-electron chi connectivity index (χ2n) is 11.5. The van der Waals surface area contributed by atoms with E-state index >= 15 is 0 Å². The van der Waals surface area contributed by atoms with Gasteiger partial charge in [0.1, 0.15) is 31.0 Å². The molecule has 1 heterocycles. The first kappa shape index (κ1) is 38.5. The third kappa shape index (κ3) is 14.1. The van der Waals surface area contributed by atoms with Crippen molar-refractivity contribution in [2.24, 2.45) is 0 Å². The molecule has 0 aliphatic carbocycles. The van der Waals surface area contributed by atoms with Gasteiger partial charge in [-0.15, -0.1) is 0 Å². The summed E-state index contributed by atoms with van der Waals surface area (Å²) in [6, 6.07) is 7.48. The van der Waals surface area contributed by atoms with Gasteiger partial charge in [0.15, 0.2) is 24.5 Å². The van der Waals surface area contributed by atoms with E-state index in [-0.39, 0.29) is 19.4 Å². The highest BCUT2D eigenvalue weighted by molar-refractivity contribution is 5.86. The predicted octanol–water partition coefficient (Wildman–Crippen LogP) is 1.60. The highest BCUT2D eigenvalue weighted by atomic mass is 16.7. The maximum Gasteiger partial charge on any atom is 0.408 e. The lowest BCUT2D eigenvalue weighted by molar-refractivity contribution is -0.257. The molecule has 0 spiro atoms. The van der Waals surface area contributed by atoms with E-state index in [1.807, 2.05) is 6.07 Å². The smallest absolute Gasteiger partial charge is 0.408 e. The average molecular weight is 667 g/mol. The lowest BCUT2D eigenvalue weighted by Gasteiger charge is -2.44. The number of carbonyl (C=O) groups excluding carboxylic acids is 7. The van der Waals surface area contributed by atoms with Crippen molar-refractivity contribution in [1.82, 2.24) is 10.6 Å². The molecule has 0 radical (unpaired) electrons. The summed E-state index contributed by atoms with van der Waals surface area (Å²) in [6.45, 7) is 8.59. The largest absolute Gasteiger partial charge is 0.463 e. The molecule has 0 unspecified atom stereocenters. The molecule has 0 bridgehead atoms. The van der Waals surface area contributed by atoms with E-state index in [0.717, 1.165) is 33.3 Å². The Morgan fingerprint density at radius 2 is 1.36 bits per heavy atom. The molecule has 2 amide bonds. The molecule has 2 rings (SSSR count). The minimum Gasteiger partial charge on any atom is -0.463 e. The first-order valence-electron chi connectivity index (χ1n) is 14.7. The zero-order valence-corrected chi connectivity index (χ0v) is 27.4. The van der Waals surface area contributed by atoms with Crippen LogP contribution in [-0.4, -0.2) is 90.7 Å². The Morgan fingerprint density at radius 3 is 1.91 bits per heavy atom. The molecule has 1 fully saturated rings. The quantitative estimate of drug-likeness (QED) is 0.227. The Balaban J connectivity index is 2.36. The topological polar surface area (TPSA) is 208 Å². The van der Waals surface area contributed by atoms with E-state index in [0.29, 0.717) is 0 Å². The van der Waals surface area contributed by atoms with Crippen molar-refractivity contribution in [1.29, 1.82) is 0 Å². The fraction of sp³-hybridized carbons (Fsp3) is 0.581. The molecule has 6 atom stereocenters. The van der Waals surface area contributed by atoms with Gasteiger partial charge < -0.3 is 43.8 Å². The monoisotopic (exact) mass is 666 g/mol. The van der Waals surface area contributed by atoms with Crippen LogP contribution in [0, 0.1) is 0 Å². The summed E-state index contributed by atoms with van der Waals surface area (Å²) in [7, 11) is 0. The van der Waals surface area contributed by atoms with E-state index < -0.39 is 90.7 Å². The number of hydrogen-bond acceptors (Lipinski definition) is 14. The molecule has 1 aliphatic rings. The highest BCUT2D eigenvalue weighted by Gasteiger charge is 2.53. The number of nitrogens with one attached hydrogen (secondary N) is 2. The van der Waals surface area contributed by atoms with E-state index in [1.54, 1.807) is 45.0 Å². The third-order valence-electron chi connectivity index (χ3n) is 6.16. The van der Waals surface area contributed by atoms with Gasteiger partial charge in [0.05, 0.1) is 0 Å². The number of rotatable bonds is 13. The molecule has 16 nitrogen and oxygen atoms in total. The van der Waals surface area contributed by atoms with E-state index in [1.165, 1.54) is 0 Å². The van der Waals surface area contributed by atoms with Crippen molar-refractivity contribution >= 4 is 41.8 Å². The molecule has 1 saturated heterocycles. The maximum absolute atomic E-state index is 13.7. The summed E-state index contributed by atoms with van der Waals surface area (Å²) < 4.78 is 37.6. The molecule has 2 N–H and O–H groups in total. The first-order valence-corrected chi connectivity index (χ1v) is 14.7. The first-order chi connectivity index (χ1) is 21.9. The average Bonchev–Trinajstić information content (AvgIpc) is 2.95. The minimum absolute atomic E-state index is 0.0131. The summed E-state index contributed by atoms with van der Waals surface area (Å²) in [4.78, 5) is 86.6. The molecule has 260 valence electrons. The van der Waals surface area contributed by atoms with Crippen LogP contribution in [0.5, 0.6) is 0 Å². The SMILES string of the molecule is CC(=O)OC[C@H]1O[C@@H](NC(=O)[C@H](CCC(=O)OCc2ccccc2)NC(=O)OC(C)(C)C)[C@H](OC(C)=O)[C@@H](OC(C)=O)[C@@H]1OC(C)=O. The summed E-state index contributed by atoms with van der Waals surface area (Å²) in [5, 5.41) is 4.89. The van der Waals surface area contributed by atoms with Crippen LogP contribution < -0.4 is 10.6 Å². The number of ether oxygens (including phenoxy) is 7. The van der Waals surface area contributed by atoms with Crippen molar-refractivity contribution in [3.63, 3.8) is 0 Å². The fourth-order valence-electron chi connectivity index (χ4n) is 4.38. The summed E-state index contributed by atoms with van der Waals surface area (Å²) in [6.07, 6.45) is -9.03. The van der Waals surface area contributed by atoms with Gasteiger partial charge in [0.25, 0.3) is 0 Å². The molecular formula is C31H42N2O14. The van der Waals surface area contributed by atoms with Gasteiger partial charge in [-0.2, -0.15) is 0 Å². The number of esters is 5. The number of alkyl carbamates (subject to hydrolysis) is 1. The second kappa shape index (κ2) is 17.8. The highest BCUT2D eigenvalue weighted by Crippen LogP contribution is 2.28. The maximum atomic E-state index is 13.7. The number of carbonyl (C=O) groups is 7. The molecule has 16 heteroatoms. The Bertz CT molecular complexity index is 1280. The summed E-state index contributed by atoms with van der Waals surface area (Å²) in [5.41, 5.74) is -0.190. The molecule has 1 aromatic carbocycles. The zero-order chi connectivity index (χ0) is 35.3. The van der Waals surface area contributed by atoms with Crippen LogP contribution in [0.15, 0.2) is 30.3 Å². The van der Waals surface area contributed by atoms with Crippen molar-refractivity contribution in [3.05, 3.63) is 35.9 Å². The molecule has 1 aromatic rings. The van der Waals surface area contributed by atoms with E-state index in [9.17, 15) is 33.6 Å². The molecule has 0 saturated carbocycles. The number of amides is 2. The van der Waals surface area contributed by atoms with Crippen molar-refractivity contribution in [3.8, 4) is 0 Å². The van der Waals surface area contributed by atoms with Crippen LogP contribution in [-0.2, 0) is 68.5 Å². The van der Waals surface area contributed by atoms with Gasteiger partial charge >= 0.3 is 35.9 Å². The van der Waals surface area contributed by atoms with Gasteiger partial charge in [0.2, 0.25) is 5.91 Å². The van der Waals surface area contributed by atoms with Gasteiger partial charge in [-0.05, 0) is 32.8 Å². The van der Waals surface area contributed by atoms with E-state index in [2.05, 4.69) is 10.6 Å². The fourth-order valence-corrected chi connectivity index (χ4v) is 4.38. The summed E-state index contributed by atoms with van der Waals surface area (Å²) in [5.74, 6) is -4.87. The van der Waals surface area contributed by atoms with Crippen LogP contribution >= 0.6 is 0 Å². The standard InChI is InChI=1S/C31H42N2O14/c1-17(34)41-16-23-25(43-18(2)35)26(44-19(3)36)27(45-20(4)37)29(46-23)33-28(39)22(32-30(40)47-31(5,6)7)13-14-24(38)42-15-21-11-9-8-10-12-21/h8-12,22-23,25-27,29H,13-16H2,1-7H3,(H,32,40)(H,33,39)/t22-,23+,25+,26-,27+,29+/m0/s1. The van der Waals surface area contributed by atoms with Crippen molar-refractivity contribution < 1.29 is 66.7 Å². The molecule has 47 heavy (non-hydrogen) atoms. The predicted molar refractivity (Wildman–Crippen MR) is 159 cm³/mol. The Morgan fingerprint density at radius 1 is 0.787 bits per heavy atom. The molecule has 1 aliphatic heterocycles. The minimum atomic E-state index is -1.60. The van der Waals surface area contributed by atoms with E-state index in [4.69, 9.17) is 33.2 Å². The van der Waals surface area contributed by atoms with Gasteiger partial charge in [-0.1, -0.05) is 30.3 Å². The van der Waals surface area contributed by atoms with Crippen LogP contribution in [0.2, 0.25) is 0 Å². The Labute approximate surface area is 272 Å². The van der Waals surface area contributed by atoms with Crippen LogP contribution in [0.4, 0.5) is 4.79 Å². The van der Waals surface area contributed by atoms with Crippen molar-refractivity contribution in [2.75, 3.05) is 6.61 Å². The second-order valence-corrected chi connectivity index (χ2v) is 11.5. The van der Waals surface area contributed by atoms with Crippen LogP contribution in [0.1, 0.15) is 66.9 Å². The molecular weight excluding hydrogens is 624 g/mol. The normalized spacial score (nSPS) is 21.2. The Kier molecular flexibility index (Phi) is 14.6. The van der Waals surface area contributed by atoms with Gasteiger partial charge in [-0.25, -0.2) is 4.79 Å². The zero-order valence-electron chi connectivity index (χ0n) is 27.4. The van der Waals surface area contributed by atoms with Gasteiger partial charge in [-0.3, -0.25) is 28.8 Å².